The molecular weight excluding hydrogens is 248 g/mol. The standard InChI is InChI=1S/C17H22N2O/c1-7-14-9-10-15(17(8-2)20-12(3)4)11-16(14)19-13(5)18-6/h7-11H,1,3H2,2,4-6H3,(H,18,19)/b17-8-. The van der Waals surface area contributed by atoms with E-state index in [4.69, 9.17) is 4.74 Å². The molecule has 0 aliphatic carbocycles. The van der Waals surface area contributed by atoms with Crippen molar-refractivity contribution in [2.75, 3.05) is 12.4 Å². The van der Waals surface area contributed by atoms with E-state index in [0.717, 1.165) is 28.4 Å². The second-order valence-electron chi connectivity index (χ2n) is 4.40. The van der Waals surface area contributed by atoms with Crippen LogP contribution in [0.15, 0.2) is 48.2 Å². The van der Waals surface area contributed by atoms with Gasteiger partial charge in [0.05, 0.1) is 11.6 Å². The maximum absolute atomic E-state index is 5.63. The fourth-order valence-corrected chi connectivity index (χ4v) is 1.72. The minimum atomic E-state index is 0.659. The minimum absolute atomic E-state index is 0.659. The van der Waals surface area contributed by atoms with Gasteiger partial charge in [0.1, 0.15) is 5.76 Å². The number of nitrogens with zero attached hydrogens (tertiary/aromatic N) is 1. The number of allylic oxidation sites excluding steroid dienone is 2. The van der Waals surface area contributed by atoms with Crippen LogP contribution in [0.25, 0.3) is 11.8 Å². The van der Waals surface area contributed by atoms with E-state index in [2.05, 4.69) is 23.5 Å². The summed E-state index contributed by atoms with van der Waals surface area (Å²) in [5, 5.41) is 3.26. The van der Waals surface area contributed by atoms with E-state index in [9.17, 15) is 0 Å². The molecular formula is C17H22N2O. The van der Waals surface area contributed by atoms with Gasteiger partial charge in [-0.25, -0.2) is 0 Å². The largest absolute Gasteiger partial charge is 0.462 e. The molecule has 0 fully saturated rings. The highest BCUT2D eigenvalue weighted by molar-refractivity contribution is 5.95. The zero-order chi connectivity index (χ0) is 15.1. The lowest BCUT2D eigenvalue weighted by molar-refractivity contribution is 0.386. The van der Waals surface area contributed by atoms with Gasteiger partial charge in [-0.2, -0.15) is 0 Å². The van der Waals surface area contributed by atoms with Gasteiger partial charge in [-0.05, 0) is 38.5 Å². The summed E-state index contributed by atoms with van der Waals surface area (Å²) in [7, 11) is 1.75. The molecule has 0 heterocycles. The Morgan fingerprint density at radius 1 is 1.35 bits per heavy atom. The van der Waals surface area contributed by atoms with Crippen LogP contribution in [0.5, 0.6) is 0 Å². The topological polar surface area (TPSA) is 33.6 Å². The lowest BCUT2D eigenvalue weighted by atomic mass is 10.1. The molecule has 1 aromatic rings. The number of aliphatic imine (C=N–C) groups is 1. The van der Waals surface area contributed by atoms with E-state index in [0.29, 0.717) is 5.76 Å². The molecule has 0 unspecified atom stereocenters. The van der Waals surface area contributed by atoms with Crippen molar-refractivity contribution in [1.82, 2.24) is 0 Å². The molecule has 0 saturated heterocycles. The molecule has 0 amide bonds. The first-order valence-corrected chi connectivity index (χ1v) is 6.48. The molecule has 0 spiro atoms. The molecule has 1 N–H and O–H groups in total. The molecule has 0 radical (unpaired) electrons. The highest BCUT2D eigenvalue weighted by Gasteiger charge is 2.07. The van der Waals surface area contributed by atoms with Gasteiger partial charge in [0.2, 0.25) is 0 Å². The van der Waals surface area contributed by atoms with Crippen molar-refractivity contribution in [3.8, 4) is 0 Å². The van der Waals surface area contributed by atoms with Crippen LogP contribution in [0.2, 0.25) is 0 Å². The lowest BCUT2D eigenvalue weighted by Gasteiger charge is -2.14. The Labute approximate surface area is 121 Å². The number of hydrogen-bond acceptors (Lipinski definition) is 2. The van der Waals surface area contributed by atoms with Gasteiger partial charge in [0.25, 0.3) is 0 Å². The van der Waals surface area contributed by atoms with E-state index < -0.39 is 0 Å². The smallest absolute Gasteiger partial charge is 0.129 e. The van der Waals surface area contributed by atoms with E-state index in [1.54, 1.807) is 7.05 Å². The Morgan fingerprint density at radius 2 is 2.05 bits per heavy atom. The summed E-state index contributed by atoms with van der Waals surface area (Å²) >= 11 is 0. The van der Waals surface area contributed by atoms with Gasteiger partial charge in [-0.3, -0.25) is 4.99 Å². The second kappa shape index (κ2) is 7.34. The van der Waals surface area contributed by atoms with E-state index in [-0.39, 0.29) is 0 Å². The maximum atomic E-state index is 5.63. The van der Waals surface area contributed by atoms with Crippen LogP contribution in [-0.2, 0) is 4.74 Å². The zero-order valence-electron chi connectivity index (χ0n) is 12.7. The van der Waals surface area contributed by atoms with Crippen LogP contribution < -0.4 is 5.32 Å². The molecule has 0 aliphatic heterocycles. The maximum Gasteiger partial charge on any atom is 0.129 e. The van der Waals surface area contributed by atoms with Crippen LogP contribution in [0, 0.1) is 0 Å². The quantitative estimate of drug-likeness (QED) is 0.478. The summed E-state index contributed by atoms with van der Waals surface area (Å²) in [6, 6.07) is 6.02. The van der Waals surface area contributed by atoms with Crippen molar-refractivity contribution in [2.24, 2.45) is 4.99 Å². The van der Waals surface area contributed by atoms with Crippen LogP contribution in [0.3, 0.4) is 0 Å². The van der Waals surface area contributed by atoms with Crippen LogP contribution in [0.4, 0.5) is 5.69 Å². The monoisotopic (exact) mass is 270 g/mol. The van der Waals surface area contributed by atoms with Gasteiger partial charge in [-0.1, -0.05) is 31.4 Å². The first-order valence-electron chi connectivity index (χ1n) is 6.48. The van der Waals surface area contributed by atoms with E-state index in [1.165, 1.54) is 0 Å². The number of nitrogens with one attached hydrogen (secondary N) is 1. The molecule has 20 heavy (non-hydrogen) atoms. The van der Waals surface area contributed by atoms with E-state index >= 15 is 0 Å². The molecule has 1 aromatic carbocycles. The highest BCUT2D eigenvalue weighted by Crippen LogP contribution is 2.25. The first kappa shape index (κ1) is 15.8. The van der Waals surface area contributed by atoms with Crippen LogP contribution in [-0.4, -0.2) is 12.9 Å². The summed E-state index contributed by atoms with van der Waals surface area (Å²) in [4.78, 5) is 4.11. The first-order chi connectivity index (χ1) is 9.51. The Kier molecular flexibility index (Phi) is 5.78. The van der Waals surface area contributed by atoms with Crippen molar-refractivity contribution < 1.29 is 4.74 Å². The highest BCUT2D eigenvalue weighted by atomic mass is 16.5. The Hall–Kier alpha value is -2.29. The zero-order valence-corrected chi connectivity index (χ0v) is 12.7. The van der Waals surface area contributed by atoms with Crippen LogP contribution >= 0.6 is 0 Å². The average molecular weight is 270 g/mol. The number of anilines is 1. The lowest BCUT2D eigenvalue weighted by Crippen LogP contribution is -2.08. The number of amidine groups is 1. The fourth-order valence-electron chi connectivity index (χ4n) is 1.72. The molecule has 0 saturated carbocycles. The van der Waals surface area contributed by atoms with Crippen molar-refractivity contribution in [2.45, 2.75) is 20.8 Å². The van der Waals surface area contributed by atoms with Crippen LogP contribution in [0.1, 0.15) is 31.9 Å². The van der Waals surface area contributed by atoms with Crippen molar-refractivity contribution >= 4 is 23.4 Å². The van der Waals surface area contributed by atoms with Crippen molar-refractivity contribution in [3.05, 3.63) is 54.3 Å². The third-order valence-corrected chi connectivity index (χ3v) is 2.76. The molecule has 3 nitrogen and oxygen atoms in total. The van der Waals surface area contributed by atoms with Gasteiger partial charge >= 0.3 is 0 Å². The number of benzene rings is 1. The summed E-state index contributed by atoms with van der Waals surface area (Å²) in [6.45, 7) is 13.3. The molecule has 0 aromatic heterocycles. The van der Waals surface area contributed by atoms with Crippen molar-refractivity contribution in [3.63, 3.8) is 0 Å². The normalized spacial score (nSPS) is 12.0. The molecule has 0 bridgehead atoms. The van der Waals surface area contributed by atoms with Gasteiger partial charge < -0.3 is 10.1 Å². The summed E-state index contributed by atoms with van der Waals surface area (Å²) in [5.74, 6) is 2.28. The molecule has 3 heteroatoms. The predicted molar refractivity (Wildman–Crippen MR) is 88.7 cm³/mol. The SMILES string of the molecule is C=Cc1ccc(/C(=C/C)OC(=C)C)cc1NC(C)=NC. The van der Waals surface area contributed by atoms with Gasteiger partial charge in [-0.15, -0.1) is 0 Å². The second-order valence-corrected chi connectivity index (χ2v) is 4.40. The molecule has 1 rings (SSSR count). The molecule has 0 atom stereocenters. The summed E-state index contributed by atoms with van der Waals surface area (Å²) in [5.41, 5.74) is 2.94. The molecule has 106 valence electrons. The third kappa shape index (κ3) is 4.12. The van der Waals surface area contributed by atoms with Gasteiger partial charge in [0.15, 0.2) is 0 Å². The third-order valence-electron chi connectivity index (χ3n) is 2.76. The molecule has 0 aliphatic rings. The van der Waals surface area contributed by atoms with E-state index in [1.807, 2.05) is 51.1 Å². The number of hydrogen-bond donors (Lipinski definition) is 1. The summed E-state index contributed by atoms with van der Waals surface area (Å²) in [6.07, 6.45) is 3.73. The summed E-state index contributed by atoms with van der Waals surface area (Å²) < 4.78 is 5.63. The number of ether oxygens (including phenoxy) is 1. The minimum Gasteiger partial charge on any atom is -0.462 e. The Balaban J connectivity index is 3.20. The fraction of sp³-hybridized carbons (Fsp3) is 0.235. The predicted octanol–water partition coefficient (Wildman–Crippen LogP) is 4.70. The number of rotatable bonds is 5. The Morgan fingerprint density at radius 3 is 2.55 bits per heavy atom. The van der Waals surface area contributed by atoms with Crippen molar-refractivity contribution in [1.29, 1.82) is 0 Å². The van der Waals surface area contributed by atoms with Gasteiger partial charge in [0, 0.05) is 18.3 Å². The Bertz CT molecular complexity index is 568. The average Bonchev–Trinajstić information content (AvgIpc) is 2.44.